The van der Waals surface area contributed by atoms with Gasteiger partial charge in [-0.1, -0.05) is 19.1 Å². The summed E-state index contributed by atoms with van der Waals surface area (Å²) in [7, 11) is 0. The normalized spacial score (nSPS) is 32.3. The summed E-state index contributed by atoms with van der Waals surface area (Å²) in [6, 6.07) is -0.424. The number of allylic oxidation sites excluding steroid dienone is 2. The molecule has 1 N–H and O–H groups in total. The van der Waals surface area contributed by atoms with E-state index in [1.807, 2.05) is 6.92 Å². The van der Waals surface area contributed by atoms with Crippen molar-refractivity contribution in [1.82, 2.24) is 10.3 Å². The van der Waals surface area contributed by atoms with E-state index in [0.29, 0.717) is 12.3 Å². The van der Waals surface area contributed by atoms with E-state index in [4.69, 9.17) is 0 Å². The zero-order valence-corrected chi connectivity index (χ0v) is 10.8. The minimum atomic E-state index is -0.805. The Hall–Kier alpha value is -1.65. The van der Waals surface area contributed by atoms with E-state index in [-0.39, 0.29) is 5.91 Å². The van der Waals surface area contributed by atoms with Crippen LogP contribution in [0.2, 0.25) is 0 Å². The van der Waals surface area contributed by atoms with Crippen LogP contribution < -0.4 is 5.32 Å². The van der Waals surface area contributed by atoms with Crippen LogP contribution in [0.5, 0.6) is 0 Å². The number of nitrogens with one attached hydrogen (secondary N) is 1. The fourth-order valence-electron chi connectivity index (χ4n) is 2.13. The zero-order valence-electron chi connectivity index (χ0n) is 10.8. The molecule has 3 amide bonds. The van der Waals surface area contributed by atoms with Crippen molar-refractivity contribution in [3.63, 3.8) is 0 Å². The predicted molar refractivity (Wildman–Crippen MR) is 69.0 cm³/mol. The van der Waals surface area contributed by atoms with Gasteiger partial charge >= 0.3 is 6.03 Å². The Morgan fingerprint density at radius 1 is 1.56 bits per heavy atom. The molecule has 0 radical (unpaired) electrons. The number of hydrogen-bond donors (Lipinski definition) is 1. The first-order valence-electron chi connectivity index (χ1n) is 6.42. The molecular formula is C13H19N3O2. The quantitative estimate of drug-likeness (QED) is 0.472. The van der Waals surface area contributed by atoms with E-state index in [1.165, 1.54) is 0 Å². The fourth-order valence-corrected chi connectivity index (χ4v) is 2.13. The van der Waals surface area contributed by atoms with E-state index in [2.05, 4.69) is 22.6 Å². The van der Waals surface area contributed by atoms with Crippen LogP contribution in [-0.4, -0.2) is 28.7 Å². The molecule has 2 rings (SSSR count). The molecule has 1 saturated heterocycles. The van der Waals surface area contributed by atoms with Crippen LogP contribution in [0.3, 0.4) is 0 Å². The van der Waals surface area contributed by atoms with Crippen LogP contribution in [0.15, 0.2) is 17.3 Å². The Balaban J connectivity index is 2.05. The molecule has 0 spiro atoms. The van der Waals surface area contributed by atoms with Gasteiger partial charge in [0, 0.05) is 6.21 Å². The summed E-state index contributed by atoms with van der Waals surface area (Å²) in [6.45, 7) is 3.60. The summed E-state index contributed by atoms with van der Waals surface area (Å²) in [5.74, 6) is 0.0571. The standard InChI is InChI=1S/C13H19N3O2/c1-3-13(2)11(17)16(12(18)15-13)14-9-10-7-5-4-6-8-10/h4-5,9-10H,3,6-8H2,1-2H3,(H,15,18)/b14-9+. The largest absolute Gasteiger partial charge is 0.346 e. The summed E-state index contributed by atoms with van der Waals surface area (Å²) in [4.78, 5) is 23.8. The van der Waals surface area contributed by atoms with E-state index in [9.17, 15) is 9.59 Å². The number of amides is 3. The van der Waals surface area contributed by atoms with Gasteiger partial charge in [-0.3, -0.25) is 4.79 Å². The maximum Gasteiger partial charge on any atom is 0.346 e. The Morgan fingerprint density at radius 3 is 2.89 bits per heavy atom. The number of carbonyl (C=O) groups excluding carboxylic acids is 2. The van der Waals surface area contributed by atoms with E-state index < -0.39 is 11.6 Å². The minimum Gasteiger partial charge on any atom is -0.322 e. The Kier molecular flexibility index (Phi) is 3.50. The number of carbonyl (C=O) groups is 2. The first kappa shape index (κ1) is 12.8. The molecule has 0 bridgehead atoms. The molecule has 1 heterocycles. The molecule has 1 aliphatic heterocycles. The van der Waals surface area contributed by atoms with Gasteiger partial charge in [-0.25, -0.2) is 4.79 Å². The van der Waals surface area contributed by atoms with Crippen LogP contribution in [-0.2, 0) is 4.79 Å². The van der Waals surface area contributed by atoms with Crippen LogP contribution in [0.25, 0.3) is 0 Å². The van der Waals surface area contributed by atoms with Crippen molar-refractivity contribution in [3.05, 3.63) is 12.2 Å². The first-order chi connectivity index (χ1) is 8.57. The molecule has 2 unspecified atom stereocenters. The maximum atomic E-state index is 12.1. The second-order valence-electron chi connectivity index (χ2n) is 5.04. The summed E-state index contributed by atoms with van der Waals surface area (Å²) < 4.78 is 0. The summed E-state index contributed by atoms with van der Waals surface area (Å²) in [6.07, 6.45) is 9.53. The van der Waals surface area contributed by atoms with Gasteiger partial charge in [0.25, 0.3) is 5.91 Å². The monoisotopic (exact) mass is 249 g/mol. The van der Waals surface area contributed by atoms with Crippen molar-refractivity contribution in [3.8, 4) is 0 Å². The van der Waals surface area contributed by atoms with Crippen molar-refractivity contribution in [2.75, 3.05) is 0 Å². The third-order valence-corrected chi connectivity index (χ3v) is 3.65. The van der Waals surface area contributed by atoms with E-state index in [1.54, 1.807) is 13.1 Å². The molecule has 2 aliphatic rings. The average Bonchev–Trinajstić information content (AvgIpc) is 2.60. The molecule has 1 fully saturated rings. The van der Waals surface area contributed by atoms with Gasteiger partial charge in [0.1, 0.15) is 5.54 Å². The average molecular weight is 249 g/mol. The molecule has 0 aromatic carbocycles. The molecule has 0 aromatic heterocycles. The number of hydrogen-bond acceptors (Lipinski definition) is 3. The van der Waals surface area contributed by atoms with Crippen LogP contribution in [0, 0.1) is 5.92 Å². The highest BCUT2D eigenvalue weighted by atomic mass is 16.2. The zero-order chi connectivity index (χ0) is 13.2. The highest BCUT2D eigenvalue weighted by Gasteiger charge is 2.46. The van der Waals surface area contributed by atoms with Gasteiger partial charge < -0.3 is 5.32 Å². The van der Waals surface area contributed by atoms with E-state index in [0.717, 1.165) is 24.3 Å². The van der Waals surface area contributed by atoms with Crippen LogP contribution in [0.1, 0.15) is 39.5 Å². The number of urea groups is 1. The molecule has 98 valence electrons. The molecule has 5 heteroatoms. The van der Waals surface area contributed by atoms with Crippen molar-refractivity contribution in [1.29, 1.82) is 0 Å². The lowest BCUT2D eigenvalue weighted by molar-refractivity contribution is -0.130. The van der Waals surface area contributed by atoms with Gasteiger partial charge in [-0.15, -0.1) is 5.01 Å². The number of nitrogens with zero attached hydrogens (tertiary/aromatic N) is 2. The molecule has 5 nitrogen and oxygen atoms in total. The number of hydrazone groups is 1. The Morgan fingerprint density at radius 2 is 2.33 bits per heavy atom. The predicted octanol–water partition coefficient (Wildman–Crippen LogP) is 2.05. The first-order valence-corrected chi connectivity index (χ1v) is 6.42. The Bertz CT molecular complexity index is 416. The maximum absolute atomic E-state index is 12.1. The summed E-state index contributed by atoms with van der Waals surface area (Å²) in [5, 5.41) is 7.70. The SMILES string of the molecule is CCC1(C)NC(=O)N(/N=C/C2CC=CCC2)C1=O. The van der Waals surface area contributed by atoms with Crippen molar-refractivity contribution >= 4 is 18.2 Å². The summed E-state index contributed by atoms with van der Waals surface area (Å²) >= 11 is 0. The van der Waals surface area contributed by atoms with Gasteiger partial charge in [-0.2, -0.15) is 5.10 Å². The van der Waals surface area contributed by atoms with Crippen molar-refractivity contribution < 1.29 is 9.59 Å². The fraction of sp³-hybridized carbons (Fsp3) is 0.615. The number of rotatable bonds is 3. The van der Waals surface area contributed by atoms with Gasteiger partial charge in [0.05, 0.1) is 0 Å². The minimum absolute atomic E-state index is 0.266. The second-order valence-corrected chi connectivity index (χ2v) is 5.04. The lowest BCUT2D eigenvalue weighted by Gasteiger charge is -2.17. The van der Waals surface area contributed by atoms with Crippen molar-refractivity contribution in [2.45, 2.75) is 45.1 Å². The molecule has 0 saturated carbocycles. The second kappa shape index (κ2) is 4.92. The lowest BCUT2D eigenvalue weighted by Crippen LogP contribution is -2.42. The highest BCUT2D eigenvalue weighted by Crippen LogP contribution is 2.22. The van der Waals surface area contributed by atoms with E-state index >= 15 is 0 Å². The third-order valence-electron chi connectivity index (χ3n) is 3.65. The molecule has 18 heavy (non-hydrogen) atoms. The van der Waals surface area contributed by atoms with Gasteiger partial charge in [-0.05, 0) is 38.5 Å². The summed E-state index contributed by atoms with van der Waals surface area (Å²) in [5.41, 5.74) is -0.805. The third kappa shape index (κ3) is 2.30. The smallest absolute Gasteiger partial charge is 0.322 e. The van der Waals surface area contributed by atoms with Gasteiger partial charge in [0.15, 0.2) is 0 Å². The molecular weight excluding hydrogens is 230 g/mol. The highest BCUT2D eigenvalue weighted by molar-refractivity contribution is 6.06. The van der Waals surface area contributed by atoms with Crippen molar-refractivity contribution in [2.24, 2.45) is 11.0 Å². The molecule has 2 atom stereocenters. The molecule has 1 aliphatic carbocycles. The Labute approximate surface area is 107 Å². The molecule has 0 aromatic rings. The lowest BCUT2D eigenvalue weighted by atomic mass is 9.96. The number of imide groups is 1. The van der Waals surface area contributed by atoms with Crippen LogP contribution in [0.4, 0.5) is 4.79 Å². The van der Waals surface area contributed by atoms with Gasteiger partial charge in [0.2, 0.25) is 0 Å². The topological polar surface area (TPSA) is 61.8 Å². The van der Waals surface area contributed by atoms with Crippen LogP contribution >= 0.6 is 0 Å².